The summed E-state index contributed by atoms with van der Waals surface area (Å²) in [6, 6.07) is 15.2. The van der Waals surface area contributed by atoms with Crippen molar-refractivity contribution in [2.45, 2.75) is 25.4 Å². The lowest BCUT2D eigenvalue weighted by Gasteiger charge is -2.23. The Bertz CT molecular complexity index is 721. The van der Waals surface area contributed by atoms with Gasteiger partial charge in [0.05, 0.1) is 12.0 Å². The molecule has 0 aliphatic carbocycles. The van der Waals surface area contributed by atoms with Gasteiger partial charge < -0.3 is 4.42 Å². The molecule has 22 heavy (non-hydrogen) atoms. The fraction of sp³-hybridized carbons (Fsp3) is 0.278. The van der Waals surface area contributed by atoms with Gasteiger partial charge in [0.25, 0.3) is 0 Å². The van der Waals surface area contributed by atoms with Crippen molar-refractivity contribution in [2.24, 2.45) is 0 Å². The van der Waals surface area contributed by atoms with Gasteiger partial charge in [-0.1, -0.05) is 30.3 Å². The fourth-order valence-corrected chi connectivity index (χ4v) is 3.95. The Morgan fingerprint density at radius 2 is 2.09 bits per heavy atom. The third-order valence-corrected chi connectivity index (χ3v) is 5.10. The van der Waals surface area contributed by atoms with Gasteiger partial charge in [0.2, 0.25) is 0 Å². The Morgan fingerprint density at radius 3 is 2.91 bits per heavy atom. The molecule has 4 heteroatoms. The molecule has 3 heterocycles. The largest absolute Gasteiger partial charge is 0.462 e. The van der Waals surface area contributed by atoms with Gasteiger partial charge in [-0.25, -0.2) is 4.98 Å². The molecular formula is C18H18N2OS. The van der Waals surface area contributed by atoms with Gasteiger partial charge in [-0.05, 0) is 37.1 Å². The summed E-state index contributed by atoms with van der Waals surface area (Å²) in [5, 5.41) is 3.12. The van der Waals surface area contributed by atoms with E-state index >= 15 is 0 Å². The lowest BCUT2D eigenvalue weighted by atomic mass is 10.0. The van der Waals surface area contributed by atoms with Crippen molar-refractivity contribution in [3.05, 3.63) is 65.4 Å². The van der Waals surface area contributed by atoms with Crippen molar-refractivity contribution in [1.82, 2.24) is 9.88 Å². The number of nitrogens with zero attached hydrogens (tertiary/aromatic N) is 2. The first-order chi connectivity index (χ1) is 10.9. The Hall–Kier alpha value is -1.91. The van der Waals surface area contributed by atoms with Crippen LogP contribution in [0.15, 0.2) is 58.5 Å². The standard InChI is InChI=1S/C18H18N2OS/c1-2-6-14(7-3-1)16-8-4-10-20(16)12-15-13-22-18(19-15)17-9-5-11-21-17/h1-3,5-7,9,11,13,16H,4,8,10,12H2. The van der Waals surface area contributed by atoms with E-state index in [0.717, 1.165) is 29.6 Å². The molecule has 1 unspecified atom stereocenters. The second kappa shape index (κ2) is 6.07. The molecule has 1 saturated heterocycles. The van der Waals surface area contributed by atoms with E-state index < -0.39 is 0 Å². The van der Waals surface area contributed by atoms with E-state index in [9.17, 15) is 0 Å². The molecule has 4 rings (SSSR count). The predicted octanol–water partition coefficient (Wildman–Crippen LogP) is 4.74. The zero-order valence-corrected chi connectivity index (χ0v) is 13.1. The average Bonchev–Trinajstić information content (AvgIpc) is 3.30. The smallest absolute Gasteiger partial charge is 0.162 e. The summed E-state index contributed by atoms with van der Waals surface area (Å²) in [4.78, 5) is 7.27. The maximum absolute atomic E-state index is 5.43. The second-order valence-corrected chi connectivity index (χ2v) is 6.52. The fourth-order valence-electron chi connectivity index (χ4n) is 3.17. The third kappa shape index (κ3) is 2.72. The first-order valence-corrected chi connectivity index (χ1v) is 8.55. The van der Waals surface area contributed by atoms with Crippen LogP contribution in [-0.2, 0) is 6.54 Å². The molecule has 3 aromatic rings. The minimum absolute atomic E-state index is 0.523. The number of furan rings is 1. The van der Waals surface area contributed by atoms with E-state index in [0.29, 0.717) is 6.04 Å². The van der Waals surface area contributed by atoms with E-state index in [1.165, 1.54) is 18.4 Å². The second-order valence-electron chi connectivity index (χ2n) is 5.66. The molecule has 1 fully saturated rings. The Balaban J connectivity index is 1.51. The number of thiazole rings is 1. The Morgan fingerprint density at radius 1 is 1.18 bits per heavy atom. The summed E-state index contributed by atoms with van der Waals surface area (Å²) >= 11 is 1.66. The highest BCUT2D eigenvalue weighted by Gasteiger charge is 2.26. The first-order valence-electron chi connectivity index (χ1n) is 7.67. The SMILES string of the molecule is c1ccc(C2CCCN2Cc2csc(-c3ccco3)n2)cc1. The van der Waals surface area contributed by atoms with Crippen molar-refractivity contribution in [2.75, 3.05) is 6.54 Å². The van der Waals surface area contributed by atoms with E-state index in [-0.39, 0.29) is 0 Å². The third-order valence-electron chi connectivity index (χ3n) is 4.20. The van der Waals surface area contributed by atoms with Gasteiger partial charge in [0.1, 0.15) is 0 Å². The van der Waals surface area contributed by atoms with Gasteiger partial charge >= 0.3 is 0 Å². The van der Waals surface area contributed by atoms with Gasteiger partial charge in [-0.15, -0.1) is 11.3 Å². The number of rotatable bonds is 4. The minimum atomic E-state index is 0.523. The summed E-state index contributed by atoms with van der Waals surface area (Å²) in [7, 11) is 0. The quantitative estimate of drug-likeness (QED) is 0.697. The lowest BCUT2D eigenvalue weighted by Crippen LogP contribution is -2.22. The average molecular weight is 310 g/mol. The van der Waals surface area contributed by atoms with Gasteiger partial charge in [-0.2, -0.15) is 0 Å². The molecule has 0 N–H and O–H groups in total. The normalized spacial score (nSPS) is 18.8. The van der Waals surface area contributed by atoms with Gasteiger partial charge in [0.15, 0.2) is 10.8 Å². The number of aromatic nitrogens is 1. The molecule has 1 aromatic carbocycles. The Kier molecular flexibility index (Phi) is 3.79. The number of hydrogen-bond donors (Lipinski definition) is 0. The molecule has 112 valence electrons. The lowest BCUT2D eigenvalue weighted by molar-refractivity contribution is 0.246. The van der Waals surface area contributed by atoms with Crippen molar-refractivity contribution in [3.63, 3.8) is 0 Å². The maximum Gasteiger partial charge on any atom is 0.162 e. The van der Waals surface area contributed by atoms with Crippen molar-refractivity contribution in [3.8, 4) is 10.8 Å². The molecular weight excluding hydrogens is 292 g/mol. The van der Waals surface area contributed by atoms with Crippen LogP contribution in [0.1, 0.15) is 30.1 Å². The maximum atomic E-state index is 5.43. The van der Waals surface area contributed by atoms with Crippen LogP contribution in [0.3, 0.4) is 0 Å². The molecule has 3 nitrogen and oxygen atoms in total. The van der Waals surface area contributed by atoms with Gasteiger partial charge in [0, 0.05) is 18.0 Å². The summed E-state index contributed by atoms with van der Waals surface area (Å²) in [6.07, 6.45) is 4.19. The van der Waals surface area contributed by atoms with Crippen molar-refractivity contribution >= 4 is 11.3 Å². The van der Waals surface area contributed by atoms with E-state index in [2.05, 4.69) is 40.6 Å². The van der Waals surface area contributed by atoms with E-state index in [1.807, 2.05) is 12.1 Å². The molecule has 0 spiro atoms. The summed E-state index contributed by atoms with van der Waals surface area (Å²) in [5.74, 6) is 0.859. The molecule has 0 amide bonds. The minimum Gasteiger partial charge on any atom is -0.462 e. The molecule has 2 aromatic heterocycles. The van der Waals surface area contributed by atoms with Crippen LogP contribution in [0.5, 0.6) is 0 Å². The Labute approximate surface area is 134 Å². The number of likely N-dealkylation sites (tertiary alicyclic amines) is 1. The van der Waals surface area contributed by atoms with Crippen LogP contribution in [0, 0.1) is 0 Å². The highest BCUT2D eigenvalue weighted by molar-refractivity contribution is 7.13. The molecule has 1 aliphatic heterocycles. The monoisotopic (exact) mass is 310 g/mol. The molecule has 0 saturated carbocycles. The highest BCUT2D eigenvalue weighted by Crippen LogP contribution is 2.33. The van der Waals surface area contributed by atoms with Crippen LogP contribution in [0.2, 0.25) is 0 Å². The summed E-state index contributed by atoms with van der Waals surface area (Å²) in [6.45, 7) is 2.06. The van der Waals surface area contributed by atoms with Crippen LogP contribution in [-0.4, -0.2) is 16.4 Å². The first kappa shape index (κ1) is 13.7. The molecule has 1 atom stereocenters. The summed E-state index contributed by atoms with van der Waals surface area (Å²) in [5.41, 5.74) is 2.56. The van der Waals surface area contributed by atoms with E-state index in [1.54, 1.807) is 17.6 Å². The van der Waals surface area contributed by atoms with Crippen LogP contribution < -0.4 is 0 Å². The zero-order chi connectivity index (χ0) is 14.8. The van der Waals surface area contributed by atoms with Gasteiger partial charge in [-0.3, -0.25) is 4.90 Å². The van der Waals surface area contributed by atoms with Crippen LogP contribution >= 0.6 is 11.3 Å². The molecule has 0 bridgehead atoms. The topological polar surface area (TPSA) is 29.3 Å². The number of hydrogen-bond acceptors (Lipinski definition) is 4. The van der Waals surface area contributed by atoms with Crippen LogP contribution in [0.25, 0.3) is 10.8 Å². The zero-order valence-electron chi connectivity index (χ0n) is 12.3. The molecule has 0 radical (unpaired) electrons. The van der Waals surface area contributed by atoms with E-state index in [4.69, 9.17) is 9.40 Å². The highest BCUT2D eigenvalue weighted by atomic mass is 32.1. The van der Waals surface area contributed by atoms with Crippen molar-refractivity contribution in [1.29, 1.82) is 0 Å². The predicted molar refractivity (Wildman–Crippen MR) is 88.6 cm³/mol. The summed E-state index contributed by atoms with van der Waals surface area (Å²) < 4.78 is 5.43. The molecule has 1 aliphatic rings. The number of benzene rings is 1. The van der Waals surface area contributed by atoms with Crippen LogP contribution in [0.4, 0.5) is 0 Å². The van der Waals surface area contributed by atoms with Crippen molar-refractivity contribution < 1.29 is 4.42 Å².